The predicted molar refractivity (Wildman–Crippen MR) is 148 cm³/mol. The van der Waals surface area contributed by atoms with Crippen molar-refractivity contribution in [3.63, 3.8) is 0 Å². The van der Waals surface area contributed by atoms with Crippen LogP contribution in [0.3, 0.4) is 0 Å². The molecule has 0 saturated carbocycles. The minimum atomic E-state index is -4.25. The first-order valence-electron chi connectivity index (χ1n) is 11.8. The number of likely N-dealkylation sites (N-methyl/N-ethyl adjacent to an activating group) is 1. The van der Waals surface area contributed by atoms with Gasteiger partial charge in [-0.3, -0.25) is 9.59 Å². The summed E-state index contributed by atoms with van der Waals surface area (Å²) in [6, 6.07) is 15.5. The number of aliphatic carboxylic acids is 2. The topological polar surface area (TPSA) is 150 Å². The van der Waals surface area contributed by atoms with Crippen molar-refractivity contribution in [3.05, 3.63) is 94.0 Å². The zero-order chi connectivity index (χ0) is 29.4. The van der Waals surface area contributed by atoms with Crippen LogP contribution in [0.25, 0.3) is 0 Å². The number of carbonyl (C=O) groups is 3. The lowest BCUT2D eigenvalue weighted by molar-refractivity contribution is -0.143. The molecule has 3 aromatic carbocycles. The van der Waals surface area contributed by atoms with Crippen molar-refractivity contribution in [2.75, 3.05) is 7.05 Å². The number of rotatable bonds is 13. The Hall–Kier alpha value is -3.64. The quantitative estimate of drug-likeness (QED) is 0.265. The molecule has 0 aromatic heterocycles. The van der Waals surface area contributed by atoms with E-state index < -0.39 is 46.4 Å². The number of amides is 1. The first kappa shape index (κ1) is 30.9. The van der Waals surface area contributed by atoms with Gasteiger partial charge in [0, 0.05) is 29.1 Å². The van der Waals surface area contributed by atoms with Gasteiger partial charge in [-0.2, -0.15) is 4.31 Å². The largest absolute Gasteiger partial charge is 0.489 e. The molecule has 0 fully saturated rings. The van der Waals surface area contributed by atoms with Crippen LogP contribution < -0.4 is 10.1 Å². The van der Waals surface area contributed by atoms with Gasteiger partial charge in [0.25, 0.3) is 0 Å². The Labute approximate surface area is 241 Å². The fourth-order valence-corrected chi connectivity index (χ4v) is 5.57. The molecule has 0 aliphatic rings. The molecule has 3 rings (SSSR count). The Kier molecular flexibility index (Phi) is 10.5. The van der Waals surface area contributed by atoms with E-state index in [0.29, 0.717) is 31.2 Å². The van der Waals surface area contributed by atoms with Crippen LogP contribution in [0.5, 0.6) is 5.75 Å². The molecule has 212 valence electrons. The second-order valence-electron chi connectivity index (χ2n) is 8.68. The number of nitrogens with one attached hydrogen (secondary N) is 1. The summed E-state index contributed by atoms with van der Waals surface area (Å²) in [6.07, 6.45) is -1.03. The number of carboxylic acids is 2. The molecule has 0 bridgehead atoms. The Morgan fingerprint density at radius 3 is 2.08 bits per heavy atom. The highest BCUT2D eigenvalue weighted by Crippen LogP contribution is 2.26. The van der Waals surface area contributed by atoms with E-state index in [-0.39, 0.29) is 17.9 Å². The van der Waals surface area contributed by atoms with Gasteiger partial charge in [-0.15, -0.1) is 0 Å². The molecular weight excluding hydrogens is 583 g/mol. The maximum Gasteiger partial charge on any atom is 0.326 e. The van der Waals surface area contributed by atoms with Gasteiger partial charge in [0.1, 0.15) is 24.4 Å². The van der Waals surface area contributed by atoms with Gasteiger partial charge in [0.05, 0.1) is 11.3 Å². The standard InChI is InChI=1S/C27H26Cl2N2O8S/c1-31(40(37,38)19-6-3-2-4-7-19)24(15-25(32)33)26(34)30-23(27(35)36)14-17-10-12-18(13-11-17)39-16-20-21(28)8-5-9-22(20)29/h2-13,23-24H,14-16H2,1H3,(H,30,34)(H,32,33)(H,35,36)/t23-,24-/m0/s1. The maximum absolute atomic E-state index is 13.0. The van der Waals surface area contributed by atoms with Crippen molar-refractivity contribution >= 4 is 51.1 Å². The van der Waals surface area contributed by atoms with Crippen molar-refractivity contribution < 1.29 is 37.8 Å². The van der Waals surface area contributed by atoms with Crippen LogP contribution in [0.1, 0.15) is 17.5 Å². The SMILES string of the molecule is CN([C@@H](CC(=O)O)C(=O)N[C@@H](Cc1ccc(OCc2c(Cl)cccc2Cl)cc1)C(=O)O)S(=O)(=O)c1ccccc1. The van der Waals surface area contributed by atoms with Gasteiger partial charge in [-0.05, 0) is 42.0 Å². The van der Waals surface area contributed by atoms with Crippen molar-refractivity contribution in [3.8, 4) is 5.75 Å². The van der Waals surface area contributed by atoms with E-state index in [1.54, 1.807) is 48.5 Å². The molecule has 0 saturated heterocycles. The summed E-state index contributed by atoms with van der Waals surface area (Å²) >= 11 is 12.3. The van der Waals surface area contributed by atoms with Crippen molar-refractivity contribution in [2.45, 2.75) is 36.4 Å². The minimum absolute atomic E-state index is 0.107. The first-order valence-corrected chi connectivity index (χ1v) is 14.0. The summed E-state index contributed by atoms with van der Waals surface area (Å²) in [5, 5.41) is 22.2. The minimum Gasteiger partial charge on any atom is -0.489 e. The summed E-state index contributed by atoms with van der Waals surface area (Å²) in [5.74, 6) is -3.42. The molecule has 0 unspecified atom stereocenters. The Morgan fingerprint density at radius 2 is 1.52 bits per heavy atom. The molecule has 40 heavy (non-hydrogen) atoms. The van der Waals surface area contributed by atoms with E-state index >= 15 is 0 Å². The molecule has 0 heterocycles. The molecule has 2 atom stereocenters. The number of carboxylic acid groups (broad SMARTS) is 2. The average molecular weight is 609 g/mol. The van der Waals surface area contributed by atoms with E-state index in [1.165, 1.54) is 24.3 Å². The van der Waals surface area contributed by atoms with Crippen molar-refractivity contribution in [1.29, 1.82) is 0 Å². The first-order chi connectivity index (χ1) is 18.9. The van der Waals surface area contributed by atoms with Gasteiger partial charge in [-0.1, -0.05) is 59.6 Å². The lowest BCUT2D eigenvalue weighted by Crippen LogP contribution is -2.53. The number of ether oxygens (including phenoxy) is 1. The number of benzene rings is 3. The molecule has 0 aliphatic carbocycles. The molecule has 0 radical (unpaired) electrons. The highest BCUT2D eigenvalue weighted by atomic mass is 35.5. The Bertz CT molecular complexity index is 1450. The Morgan fingerprint density at radius 1 is 0.925 bits per heavy atom. The van der Waals surface area contributed by atoms with Gasteiger partial charge in [0.2, 0.25) is 15.9 Å². The Balaban J connectivity index is 1.71. The highest BCUT2D eigenvalue weighted by Gasteiger charge is 2.36. The van der Waals surface area contributed by atoms with E-state index in [2.05, 4.69) is 5.32 Å². The third kappa shape index (κ3) is 7.95. The van der Waals surface area contributed by atoms with E-state index in [4.69, 9.17) is 27.9 Å². The molecule has 3 aromatic rings. The van der Waals surface area contributed by atoms with Crippen LogP contribution >= 0.6 is 23.2 Å². The molecule has 3 N–H and O–H groups in total. The van der Waals surface area contributed by atoms with Crippen molar-refractivity contribution in [1.82, 2.24) is 9.62 Å². The number of halogens is 2. The molecule has 1 amide bonds. The molecular formula is C27H26Cl2N2O8S. The predicted octanol–water partition coefficient (Wildman–Crippen LogP) is 3.85. The van der Waals surface area contributed by atoms with Gasteiger partial charge in [-0.25, -0.2) is 13.2 Å². The monoisotopic (exact) mass is 608 g/mol. The van der Waals surface area contributed by atoms with Crippen LogP contribution in [-0.2, 0) is 37.4 Å². The molecule has 0 aliphatic heterocycles. The van der Waals surface area contributed by atoms with E-state index in [1.807, 2.05) is 0 Å². The fraction of sp³-hybridized carbons (Fsp3) is 0.222. The summed E-state index contributed by atoms with van der Waals surface area (Å²) in [4.78, 5) is 36.3. The highest BCUT2D eigenvalue weighted by molar-refractivity contribution is 7.89. The third-order valence-electron chi connectivity index (χ3n) is 5.95. The summed E-state index contributed by atoms with van der Waals surface area (Å²) in [5.41, 5.74) is 1.13. The zero-order valence-corrected chi connectivity index (χ0v) is 23.5. The summed E-state index contributed by atoms with van der Waals surface area (Å²) in [6.45, 7) is 0.107. The second kappa shape index (κ2) is 13.6. The van der Waals surface area contributed by atoms with Crippen LogP contribution in [0.4, 0.5) is 0 Å². The second-order valence-corrected chi connectivity index (χ2v) is 11.5. The lowest BCUT2D eigenvalue weighted by Gasteiger charge is -2.27. The average Bonchev–Trinajstić information content (AvgIpc) is 2.91. The molecule has 10 nitrogen and oxygen atoms in total. The van der Waals surface area contributed by atoms with Crippen LogP contribution in [0, 0.1) is 0 Å². The van der Waals surface area contributed by atoms with Crippen molar-refractivity contribution in [2.24, 2.45) is 0 Å². The van der Waals surface area contributed by atoms with Gasteiger partial charge >= 0.3 is 11.9 Å². The van der Waals surface area contributed by atoms with E-state index in [9.17, 15) is 33.0 Å². The van der Waals surface area contributed by atoms with Crippen LogP contribution in [-0.4, -0.2) is 59.9 Å². The van der Waals surface area contributed by atoms with Gasteiger partial charge in [0.15, 0.2) is 0 Å². The molecule has 13 heteroatoms. The fourth-order valence-electron chi connectivity index (χ4n) is 3.73. The van der Waals surface area contributed by atoms with E-state index in [0.717, 1.165) is 7.05 Å². The third-order valence-corrected chi connectivity index (χ3v) is 8.54. The zero-order valence-electron chi connectivity index (χ0n) is 21.2. The lowest BCUT2D eigenvalue weighted by atomic mass is 10.0. The summed E-state index contributed by atoms with van der Waals surface area (Å²) in [7, 11) is -3.18. The number of hydrogen-bond donors (Lipinski definition) is 3. The number of carbonyl (C=O) groups excluding carboxylic acids is 1. The smallest absolute Gasteiger partial charge is 0.326 e. The summed E-state index contributed by atoms with van der Waals surface area (Å²) < 4.78 is 32.3. The maximum atomic E-state index is 13.0. The molecule has 0 spiro atoms. The number of sulfonamides is 1. The van der Waals surface area contributed by atoms with Crippen LogP contribution in [0.2, 0.25) is 10.0 Å². The number of hydrogen-bond acceptors (Lipinski definition) is 6. The number of nitrogens with zero attached hydrogens (tertiary/aromatic N) is 1. The van der Waals surface area contributed by atoms with Crippen LogP contribution in [0.15, 0.2) is 77.7 Å². The van der Waals surface area contributed by atoms with Gasteiger partial charge < -0.3 is 20.3 Å². The normalized spacial score (nSPS) is 12.9.